The van der Waals surface area contributed by atoms with E-state index in [0.717, 1.165) is 23.5 Å². The van der Waals surface area contributed by atoms with Crippen LogP contribution in [0.5, 0.6) is 0 Å². The van der Waals surface area contributed by atoms with E-state index in [2.05, 4.69) is 42.3 Å². The molecule has 1 aromatic carbocycles. The molecule has 1 heterocycles. The Bertz CT molecular complexity index is 618. The predicted molar refractivity (Wildman–Crippen MR) is 72.4 cm³/mol. The first kappa shape index (κ1) is 11.3. The number of H-pyrrole nitrogens is 1. The van der Waals surface area contributed by atoms with E-state index >= 15 is 0 Å². The molecule has 0 radical (unpaired) electrons. The molecule has 3 heteroatoms. The molecule has 1 aromatic heterocycles. The number of hydrogen-bond donors (Lipinski definition) is 1. The summed E-state index contributed by atoms with van der Waals surface area (Å²) in [4.78, 5) is 5.55. The number of fused-ring (bicyclic) bond motifs is 1. The third kappa shape index (κ3) is 1.89. The van der Waals surface area contributed by atoms with Crippen LogP contribution in [0.2, 0.25) is 0 Å². The van der Waals surface area contributed by atoms with Crippen molar-refractivity contribution in [1.82, 2.24) is 9.88 Å². The zero-order valence-electron chi connectivity index (χ0n) is 10.8. The van der Waals surface area contributed by atoms with E-state index in [1.165, 1.54) is 17.4 Å². The molecule has 1 fully saturated rings. The Morgan fingerprint density at radius 2 is 2.28 bits per heavy atom. The van der Waals surface area contributed by atoms with Crippen molar-refractivity contribution in [2.75, 3.05) is 20.6 Å². The van der Waals surface area contributed by atoms with E-state index in [1.54, 1.807) is 0 Å². The second-order valence-electron chi connectivity index (χ2n) is 5.48. The predicted octanol–water partition coefficient (Wildman–Crippen LogP) is 2.70. The van der Waals surface area contributed by atoms with Gasteiger partial charge in [-0.05, 0) is 50.0 Å². The van der Waals surface area contributed by atoms with Gasteiger partial charge in [0.05, 0.1) is 11.6 Å². The van der Waals surface area contributed by atoms with E-state index < -0.39 is 0 Å². The highest BCUT2D eigenvalue weighted by Gasteiger charge is 2.39. The summed E-state index contributed by atoms with van der Waals surface area (Å²) in [6.07, 6.45) is 3.40. The fourth-order valence-corrected chi connectivity index (χ4v) is 2.82. The summed E-state index contributed by atoms with van der Waals surface area (Å²) in [6.45, 7) is 1.16. The van der Waals surface area contributed by atoms with Crippen LogP contribution < -0.4 is 0 Å². The minimum atomic E-state index is 0.689. The van der Waals surface area contributed by atoms with Crippen molar-refractivity contribution < 1.29 is 0 Å². The molecule has 1 N–H and O–H groups in total. The van der Waals surface area contributed by atoms with Gasteiger partial charge in [0.15, 0.2) is 0 Å². The topological polar surface area (TPSA) is 42.8 Å². The number of nitrogens with zero attached hydrogens (tertiary/aromatic N) is 2. The summed E-state index contributed by atoms with van der Waals surface area (Å²) < 4.78 is 0. The molecule has 1 aliphatic carbocycles. The monoisotopic (exact) mass is 239 g/mol. The van der Waals surface area contributed by atoms with Gasteiger partial charge in [-0.2, -0.15) is 5.26 Å². The summed E-state index contributed by atoms with van der Waals surface area (Å²) in [6, 6.07) is 8.09. The van der Waals surface area contributed by atoms with Gasteiger partial charge in [0.2, 0.25) is 0 Å². The van der Waals surface area contributed by atoms with Gasteiger partial charge in [0.25, 0.3) is 0 Å². The molecule has 92 valence electrons. The van der Waals surface area contributed by atoms with Gasteiger partial charge in [-0.1, -0.05) is 6.07 Å². The van der Waals surface area contributed by atoms with Gasteiger partial charge < -0.3 is 9.88 Å². The first-order chi connectivity index (χ1) is 8.69. The number of nitriles is 1. The number of aromatic amines is 1. The fourth-order valence-electron chi connectivity index (χ4n) is 2.82. The van der Waals surface area contributed by atoms with Crippen molar-refractivity contribution in [3.05, 3.63) is 35.5 Å². The van der Waals surface area contributed by atoms with Crippen LogP contribution in [0.3, 0.4) is 0 Å². The Labute approximate surface area is 107 Å². The van der Waals surface area contributed by atoms with Crippen LogP contribution in [0.4, 0.5) is 0 Å². The molecule has 0 aliphatic heterocycles. The van der Waals surface area contributed by atoms with Crippen LogP contribution in [0.1, 0.15) is 23.5 Å². The zero-order valence-corrected chi connectivity index (χ0v) is 10.8. The van der Waals surface area contributed by atoms with Crippen molar-refractivity contribution in [3.8, 4) is 6.07 Å². The minimum Gasteiger partial charge on any atom is -0.361 e. The van der Waals surface area contributed by atoms with Gasteiger partial charge in [0.1, 0.15) is 0 Å². The van der Waals surface area contributed by atoms with Crippen LogP contribution in [-0.2, 0) is 0 Å². The molecule has 3 rings (SSSR count). The van der Waals surface area contributed by atoms with Crippen molar-refractivity contribution in [3.63, 3.8) is 0 Å². The highest BCUT2D eigenvalue weighted by atomic mass is 15.1. The van der Waals surface area contributed by atoms with Crippen molar-refractivity contribution >= 4 is 10.9 Å². The molecule has 0 saturated heterocycles. The SMILES string of the molecule is CN(C)C[C@@H]1C[C@H]1c1c[nH]c2cc(C#N)ccc12. The molecular weight excluding hydrogens is 222 g/mol. The van der Waals surface area contributed by atoms with E-state index in [4.69, 9.17) is 5.26 Å². The smallest absolute Gasteiger partial charge is 0.0992 e. The average molecular weight is 239 g/mol. The Morgan fingerprint density at radius 1 is 1.44 bits per heavy atom. The molecule has 0 amide bonds. The third-order valence-corrected chi connectivity index (χ3v) is 3.76. The standard InChI is InChI=1S/C15H17N3/c1-18(2)9-11-6-13(11)14-8-17-15-5-10(7-16)3-4-12(14)15/h3-5,8,11,13,17H,6,9H2,1-2H3/t11-,13+/m0/s1. The highest BCUT2D eigenvalue weighted by molar-refractivity contribution is 5.85. The molecule has 1 aliphatic rings. The Kier molecular flexibility index (Phi) is 2.61. The Morgan fingerprint density at radius 3 is 3.00 bits per heavy atom. The Hall–Kier alpha value is -1.79. The number of aromatic nitrogens is 1. The van der Waals surface area contributed by atoms with Crippen LogP contribution in [-0.4, -0.2) is 30.5 Å². The van der Waals surface area contributed by atoms with E-state index in [-0.39, 0.29) is 0 Å². The van der Waals surface area contributed by atoms with Crippen molar-refractivity contribution in [2.45, 2.75) is 12.3 Å². The summed E-state index contributed by atoms with van der Waals surface area (Å²) in [5, 5.41) is 10.2. The Balaban J connectivity index is 1.89. The molecule has 2 atom stereocenters. The van der Waals surface area contributed by atoms with Crippen molar-refractivity contribution in [2.24, 2.45) is 5.92 Å². The van der Waals surface area contributed by atoms with Crippen LogP contribution >= 0.6 is 0 Å². The molecule has 3 nitrogen and oxygen atoms in total. The normalized spacial score (nSPS) is 22.3. The first-order valence-corrected chi connectivity index (χ1v) is 6.35. The van der Waals surface area contributed by atoms with E-state index in [9.17, 15) is 0 Å². The van der Waals surface area contributed by atoms with E-state index in [1.807, 2.05) is 12.1 Å². The second kappa shape index (κ2) is 4.15. The highest BCUT2D eigenvalue weighted by Crippen LogP contribution is 2.49. The minimum absolute atomic E-state index is 0.689. The maximum absolute atomic E-state index is 8.90. The molecule has 2 aromatic rings. The molecule has 1 saturated carbocycles. The molecule has 0 unspecified atom stereocenters. The largest absolute Gasteiger partial charge is 0.361 e. The summed E-state index contributed by atoms with van der Waals surface area (Å²) in [7, 11) is 4.26. The second-order valence-corrected chi connectivity index (χ2v) is 5.48. The molecule has 0 spiro atoms. The van der Waals surface area contributed by atoms with Crippen LogP contribution in [0, 0.1) is 17.2 Å². The van der Waals surface area contributed by atoms with Gasteiger partial charge in [-0.15, -0.1) is 0 Å². The van der Waals surface area contributed by atoms with Gasteiger partial charge in [-0.25, -0.2) is 0 Å². The van der Waals surface area contributed by atoms with Gasteiger partial charge >= 0.3 is 0 Å². The average Bonchev–Trinajstić information content (AvgIpc) is 2.97. The van der Waals surface area contributed by atoms with Crippen molar-refractivity contribution in [1.29, 1.82) is 5.26 Å². The molecule has 18 heavy (non-hydrogen) atoms. The number of hydrogen-bond acceptors (Lipinski definition) is 2. The molecular formula is C15H17N3. The van der Waals surface area contributed by atoms with E-state index in [0.29, 0.717) is 5.92 Å². The fraction of sp³-hybridized carbons (Fsp3) is 0.400. The summed E-state index contributed by atoms with van der Waals surface area (Å²) in [5.41, 5.74) is 3.22. The number of benzene rings is 1. The maximum Gasteiger partial charge on any atom is 0.0992 e. The number of rotatable bonds is 3. The zero-order chi connectivity index (χ0) is 12.7. The lowest BCUT2D eigenvalue weighted by Gasteiger charge is -2.08. The molecule has 0 bridgehead atoms. The third-order valence-electron chi connectivity index (χ3n) is 3.76. The number of nitrogens with one attached hydrogen (secondary N) is 1. The maximum atomic E-state index is 8.90. The first-order valence-electron chi connectivity index (χ1n) is 6.35. The van der Waals surface area contributed by atoms with Gasteiger partial charge in [0, 0.05) is 23.6 Å². The lowest BCUT2D eigenvalue weighted by atomic mass is 10.1. The lowest BCUT2D eigenvalue weighted by Crippen LogP contribution is -2.15. The summed E-state index contributed by atoms with van der Waals surface area (Å²) >= 11 is 0. The quantitative estimate of drug-likeness (QED) is 0.894. The lowest BCUT2D eigenvalue weighted by molar-refractivity contribution is 0.385. The van der Waals surface area contributed by atoms with Crippen LogP contribution in [0.15, 0.2) is 24.4 Å². The van der Waals surface area contributed by atoms with Crippen LogP contribution in [0.25, 0.3) is 10.9 Å². The van der Waals surface area contributed by atoms with Gasteiger partial charge in [-0.3, -0.25) is 0 Å². The summed E-state index contributed by atoms with van der Waals surface area (Å²) in [5.74, 6) is 1.48.